The van der Waals surface area contributed by atoms with E-state index in [4.69, 9.17) is 4.74 Å². The Hall–Kier alpha value is -1.16. The number of benzene rings is 1. The molecule has 0 aromatic heterocycles. The van der Waals surface area contributed by atoms with Crippen LogP contribution in [0.1, 0.15) is 30.1 Å². The zero-order chi connectivity index (χ0) is 12.1. The fourth-order valence-electron chi connectivity index (χ4n) is 1.29. The molecule has 0 N–H and O–H groups in total. The zero-order valence-electron chi connectivity index (χ0n) is 9.25. The molecule has 0 atom stereocenters. The van der Waals surface area contributed by atoms with Crippen LogP contribution in [-0.2, 0) is 4.79 Å². The van der Waals surface area contributed by atoms with Crippen LogP contribution in [0, 0.1) is 0 Å². The molecular formula is C12H13BrO3. The van der Waals surface area contributed by atoms with Gasteiger partial charge in [0.2, 0.25) is 0 Å². The van der Waals surface area contributed by atoms with Crippen molar-refractivity contribution >= 4 is 27.5 Å². The van der Waals surface area contributed by atoms with E-state index in [0.29, 0.717) is 17.7 Å². The van der Waals surface area contributed by atoms with Crippen LogP contribution in [0.2, 0.25) is 0 Å². The topological polar surface area (TPSA) is 43.4 Å². The van der Waals surface area contributed by atoms with Gasteiger partial charge < -0.3 is 4.74 Å². The van der Waals surface area contributed by atoms with E-state index in [2.05, 4.69) is 15.9 Å². The summed E-state index contributed by atoms with van der Waals surface area (Å²) in [7, 11) is 1.50. The van der Waals surface area contributed by atoms with Crippen molar-refractivity contribution in [1.82, 2.24) is 0 Å². The summed E-state index contributed by atoms with van der Waals surface area (Å²) in [5.74, 6) is 0.231. The van der Waals surface area contributed by atoms with Gasteiger partial charge in [0.05, 0.1) is 19.1 Å². The van der Waals surface area contributed by atoms with Gasteiger partial charge in [-0.25, -0.2) is 0 Å². The number of methoxy groups -OCH3 is 1. The van der Waals surface area contributed by atoms with Crippen LogP contribution in [0.3, 0.4) is 0 Å². The molecule has 0 fully saturated rings. The van der Waals surface area contributed by atoms with Crippen LogP contribution in [0.25, 0.3) is 0 Å². The smallest absolute Gasteiger partial charge is 0.173 e. The van der Waals surface area contributed by atoms with Crippen molar-refractivity contribution in [3.05, 3.63) is 28.2 Å². The average molecular weight is 285 g/mol. The predicted molar refractivity (Wildman–Crippen MR) is 64.9 cm³/mol. The summed E-state index contributed by atoms with van der Waals surface area (Å²) in [6.45, 7) is 1.74. The zero-order valence-corrected chi connectivity index (χ0v) is 10.8. The van der Waals surface area contributed by atoms with Crippen molar-refractivity contribution < 1.29 is 14.3 Å². The Kier molecular flexibility index (Phi) is 4.68. The summed E-state index contributed by atoms with van der Waals surface area (Å²) >= 11 is 3.29. The maximum absolute atomic E-state index is 11.8. The lowest BCUT2D eigenvalue weighted by Crippen LogP contribution is -2.08. The molecule has 0 amide bonds. The number of hydrogen-bond acceptors (Lipinski definition) is 3. The van der Waals surface area contributed by atoms with Gasteiger partial charge in [0.1, 0.15) is 11.5 Å². The van der Waals surface area contributed by atoms with Gasteiger partial charge in [-0.05, 0) is 18.2 Å². The van der Waals surface area contributed by atoms with Crippen molar-refractivity contribution in [2.24, 2.45) is 0 Å². The summed E-state index contributed by atoms with van der Waals surface area (Å²) < 4.78 is 5.94. The van der Waals surface area contributed by atoms with Crippen molar-refractivity contribution in [3.63, 3.8) is 0 Å². The largest absolute Gasteiger partial charge is 0.496 e. The van der Waals surface area contributed by atoms with Gasteiger partial charge in [-0.15, -0.1) is 0 Å². The highest BCUT2D eigenvalue weighted by molar-refractivity contribution is 9.10. The molecule has 3 nitrogen and oxygen atoms in total. The Morgan fingerprint density at radius 2 is 2.06 bits per heavy atom. The van der Waals surface area contributed by atoms with Gasteiger partial charge in [0, 0.05) is 10.9 Å². The number of ether oxygens (including phenoxy) is 1. The molecule has 0 heterocycles. The number of carbonyl (C=O) groups excluding carboxylic acids is 2. The second kappa shape index (κ2) is 5.80. The average Bonchev–Trinajstić information content (AvgIpc) is 2.28. The third kappa shape index (κ3) is 3.17. The second-order valence-corrected chi connectivity index (χ2v) is 4.25. The molecule has 0 aliphatic rings. The fraction of sp³-hybridized carbons (Fsp3) is 0.333. The molecule has 0 aliphatic carbocycles. The molecule has 0 radical (unpaired) electrons. The first-order valence-electron chi connectivity index (χ1n) is 4.97. The van der Waals surface area contributed by atoms with Gasteiger partial charge in [-0.2, -0.15) is 0 Å². The molecule has 0 saturated carbocycles. The lowest BCUT2D eigenvalue weighted by atomic mass is 10.0. The van der Waals surface area contributed by atoms with Crippen molar-refractivity contribution in [2.45, 2.75) is 19.8 Å². The second-order valence-electron chi connectivity index (χ2n) is 3.34. The highest BCUT2D eigenvalue weighted by Gasteiger charge is 2.15. The molecule has 86 valence electrons. The maximum Gasteiger partial charge on any atom is 0.173 e. The van der Waals surface area contributed by atoms with Crippen LogP contribution in [-0.4, -0.2) is 18.7 Å². The number of rotatable bonds is 5. The Morgan fingerprint density at radius 1 is 1.38 bits per heavy atom. The van der Waals surface area contributed by atoms with Crippen molar-refractivity contribution in [2.75, 3.05) is 7.11 Å². The van der Waals surface area contributed by atoms with E-state index in [1.165, 1.54) is 7.11 Å². The van der Waals surface area contributed by atoms with Gasteiger partial charge in [0.15, 0.2) is 5.78 Å². The minimum Gasteiger partial charge on any atom is -0.496 e. The number of ketones is 2. The van der Waals surface area contributed by atoms with Gasteiger partial charge in [-0.1, -0.05) is 22.9 Å². The number of Topliss-reactive ketones (excluding diaryl/α,β-unsaturated/α-hetero) is 2. The van der Waals surface area contributed by atoms with Gasteiger partial charge in [0.25, 0.3) is 0 Å². The van der Waals surface area contributed by atoms with Crippen LogP contribution < -0.4 is 4.74 Å². The van der Waals surface area contributed by atoms with E-state index < -0.39 is 0 Å². The van der Waals surface area contributed by atoms with Crippen LogP contribution in [0.5, 0.6) is 5.75 Å². The van der Waals surface area contributed by atoms with E-state index in [1.54, 1.807) is 25.1 Å². The van der Waals surface area contributed by atoms with Gasteiger partial charge >= 0.3 is 0 Å². The van der Waals surface area contributed by atoms with E-state index in [9.17, 15) is 9.59 Å². The monoisotopic (exact) mass is 284 g/mol. The molecule has 0 aliphatic heterocycles. The summed E-state index contributed by atoms with van der Waals surface area (Å²) in [4.78, 5) is 23.0. The highest BCUT2D eigenvalue weighted by Crippen LogP contribution is 2.24. The summed E-state index contributed by atoms with van der Waals surface area (Å²) in [6, 6.07) is 5.13. The first kappa shape index (κ1) is 12.9. The molecule has 0 unspecified atom stereocenters. The van der Waals surface area contributed by atoms with E-state index in [-0.39, 0.29) is 18.0 Å². The molecule has 16 heavy (non-hydrogen) atoms. The van der Waals surface area contributed by atoms with Crippen molar-refractivity contribution in [1.29, 1.82) is 0 Å². The minimum atomic E-state index is -0.198. The van der Waals surface area contributed by atoms with E-state index in [0.717, 1.165) is 4.47 Å². The van der Waals surface area contributed by atoms with Crippen LogP contribution in [0.15, 0.2) is 22.7 Å². The van der Waals surface area contributed by atoms with E-state index >= 15 is 0 Å². The lowest BCUT2D eigenvalue weighted by Gasteiger charge is -2.07. The normalized spacial score (nSPS) is 9.94. The number of halogens is 1. The first-order chi connectivity index (χ1) is 7.58. The Bertz CT molecular complexity index is 413. The van der Waals surface area contributed by atoms with E-state index in [1.807, 2.05) is 0 Å². The molecule has 1 aromatic rings. The SMILES string of the molecule is CCC(=O)CC(=O)c1ccc(Br)cc1OC. The first-order valence-corrected chi connectivity index (χ1v) is 5.76. The maximum atomic E-state index is 11.8. The number of hydrogen-bond donors (Lipinski definition) is 0. The summed E-state index contributed by atoms with van der Waals surface area (Å²) in [5, 5.41) is 0. The van der Waals surface area contributed by atoms with Crippen LogP contribution in [0.4, 0.5) is 0 Å². The fourth-order valence-corrected chi connectivity index (χ4v) is 1.63. The molecule has 1 aromatic carbocycles. The number of carbonyl (C=O) groups is 2. The van der Waals surface area contributed by atoms with Gasteiger partial charge in [-0.3, -0.25) is 9.59 Å². The third-order valence-corrected chi connectivity index (χ3v) is 2.71. The predicted octanol–water partition coefficient (Wildman–Crippen LogP) is 3.01. The van der Waals surface area contributed by atoms with Crippen LogP contribution >= 0.6 is 15.9 Å². The summed E-state index contributed by atoms with van der Waals surface area (Å²) in [6.07, 6.45) is 0.319. The Labute approximate surface area is 103 Å². The molecular weight excluding hydrogens is 272 g/mol. The quantitative estimate of drug-likeness (QED) is 0.617. The Morgan fingerprint density at radius 3 is 2.62 bits per heavy atom. The molecule has 1 rings (SSSR count). The highest BCUT2D eigenvalue weighted by atomic mass is 79.9. The third-order valence-electron chi connectivity index (χ3n) is 2.22. The lowest BCUT2D eigenvalue weighted by molar-refractivity contribution is -0.117. The molecule has 0 saturated heterocycles. The summed E-state index contributed by atoms with van der Waals surface area (Å²) in [5.41, 5.74) is 0.451. The molecule has 0 bridgehead atoms. The molecule has 4 heteroatoms. The van der Waals surface area contributed by atoms with Crippen molar-refractivity contribution in [3.8, 4) is 5.75 Å². The Balaban J connectivity index is 2.94. The molecule has 0 spiro atoms. The standard InChI is InChI=1S/C12H13BrO3/c1-3-9(14)7-11(15)10-5-4-8(13)6-12(10)16-2/h4-6H,3,7H2,1-2H3. The minimum absolute atomic E-state index is 0.0602.